The molecule has 13 heavy (non-hydrogen) atoms. The molecule has 0 saturated heterocycles. The van der Waals surface area contributed by atoms with Crippen LogP contribution in [0.15, 0.2) is 0 Å². The molecule has 0 aromatic rings. The highest BCUT2D eigenvalue weighted by molar-refractivity contribution is 6.45. The van der Waals surface area contributed by atoms with Crippen molar-refractivity contribution in [3.8, 4) is 0 Å². The second-order valence-corrected chi connectivity index (χ2v) is 4.19. The Kier molecular flexibility index (Phi) is 6.43. The maximum Gasteiger partial charge on any atom is 0.457 e. The summed E-state index contributed by atoms with van der Waals surface area (Å²) >= 11 is 0. The Bertz CT molecular complexity index is 128. The van der Waals surface area contributed by atoms with Crippen LogP contribution in [0, 0.1) is 0 Å². The van der Waals surface area contributed by atoms with Crippen LogP contribution < -0.4 is 0 Å². The Morgan fingerprint density at radius 3 is 2.08 bits per heavy atom. The minimum absolute atomic E-state index is 0.298. The molecule has 2 N–H and O–H groups in total. The molecule has 0 aliphatic rings. The van der Waals surface area contributed by atoms with Crippen molar-refractivity contribution in [3.05, 3.63) is 0 Å². The first-order valence-corrected chi connectivity index (χ1v) is 5.43. The first kappa shape index (κ1) is 13.0. The maximum absolute atomic E-state index is 9.18. The molecule has 0 aromatic heterocycles. The van der Waals surface area contributed by atoms with E-state index in [0.717, 1.165) is 19.3 Å². The second kappa shape index (κ2) is 6.44. The maximum atomic E-state index is 9.18. The summed E-state index contributed by atoms with van der Waals surface area (Å²) in [5.41, 5.74) is 0. The lowest BCUT2D eigenvalue weighted by atomic mass is 9.55. The fourth-order valence-corrected chi connectivity index (χ4v) is 1.44. The summed E-state index contributed by atoms with van der Waals surface area (Å²) in [6.07, 6.45) is 6.54. The van der Waals surface area contributed by atoms with Crippen LogP contribution in [0.2, 0.25) is 5.31 Å². The molecular weight excluding hydrogens is 163 g/mol. The van der Waals surface area contributed by atoms with Gasteiger partial charge in [0.1, 0.15) is 0 Å². The minimum Gasteiger partial charge on any atom is -0.427 e. The molecule has 0 bridgehead atoms. The molecule has 0 heterocycles. The van der Waals surface area contributed by atoms with E-state index < -0.39 is 7.12 Å². The van der Waals surface area contributed by atoms with Crippen LogP contribution in [0.1, 0.15) is 59.3 Å². The average molecular weight is 186 g/mol. The summed E-state index contributed by atoms with van der Waals surface area (Å²) < 4.78 is 0. The van der Waals surface area contributed by atoms with Crippen molar-refractivity contribution < 1.29 is 10.0 Å². The highest BCUT2D eigenvalue weighted by Gasteiger charge is 2.34. The van der Waals surface area contributed by atoms with Crippen LogP contribution in [0.3, 0.4) is 0 Å². The number of hydrogen-bond acceptors (Lipinski definition) is 2. The molecule has 1 atom stereocenters. The van der Waals surface area contributed by atoms with Crippen molar-refractivity contribution in [2.45, 2.75) is 64.6 Å². The van der Waals surface area contributed by atoms with Crippen molar-refractivity contribution in [3.63, 3.8) is 0 Å². The van der Waals surface area contributed by atoms with E-state index in [1.165, 1.54) is 19.3 Å². The highest BCUT2D eigenvalue weighted by atomic mass is 16.4. The number of rotatable bonds is 7. The SMILES string of the molecule is CCCCCCC(C)(CC)B(O)O. The van der Waals surface area contributed by atoms with Crippen LogP contribution in [0.5, 0.6) is 0 Å². The van der Waals surface area contributed by atoms with Gasteiger partial charge in [0.2, 0.25) is 0 Å². The Morgan fingerprint density at radius 1 is 1.08 bits per heavy atom. The highest BCUT2D eigenvalue weighted by Crippen LogP contribution is 2.37. The molecule has 3 heteroatoms. The Hall–Kier alpha value is -0.0151. The fourth-order valence-electron chi connectivity index (χ4n) is 1.44. The van der Waals surface area contributed by atoms with Gasteiger partial charge in [0.25, 0.3) is 0 Å². The summed E-state index contributed by atoms with van der Waals surface area (Å²) in [6.45, 7) is 6.14. The third kappa shape index (κ3) is 4.68. The lowest BCUT2D eigenvalue weighted by Gasteiger charge is -2.26. The molecule has 0 radical (unpaired) electrons. The van der Waals surface area contributed by atoms with Gasteiger partial charge >= 0.3 is 7.12 Å². The van der Waals surface area contributed by atoms with Gasteiger partial charge in [-0.3, -0.25) is 0 Å². The van der Waals surface area contributed by atoms with E-state index in [0.29, 0.717) is 0 Å². The molecule has 0 aliphatic carbocycles. The average Bonchev–Trinajstić information content (AvgIpc) is 2.12. The predicted octanol–water partition coefficient (Wildman–Crippen LogP) is 2.60. The molecule has 0 aliphatic heterocycles. The number of unbranched alkanes of at least 4 members (excludes halogenated alkanes) is 3. The molecule has 78 valence electrons. The van der Waals surface area contributed by atoms with E-state index in [-0.39, 0.29) is 5.31 Å². The van der Waals surface area contributed by atoms with Gasteiger partial charge in [0.15, 0.2) is 0 Å². The zero-order valence-corrected chi connectivity index (χ0v) is 9.21. The summed E-state index contributed by atoms with van der Waals surface area (Å²) in [6, 6.07) is 0. The second-order valence-electron chi connectivity index (χ2n) is 4.19. The zero-order valence-electron chi connectivity index (χ0n) is 9.21. The summed E-state index contributed by atoms with van der Waals surface area (Å²) in [4.78, 5) is 0. The first-order valence-electron chi connectivity index (χ1n) is 5.43. The zero-order chi connectivity index (χ0) is 10.3. The largest absolute Gasteiger partial charge is 0.457 e. The Balaban J connectivity index is 3.71. The molecule has 1 unspecified atom stereocenters. The molecule has 0 amide bonds. The lowest BCUT2D eigenvalue weighted by molar-refractivity contribution is 0.321. The third-order valence-corrected chi connectivity index (χ3v) is 3.03. The summed E-state index contributed by atoms with van der Waals surface area (Å²) in [5.74, 6) is 0. The minimum atomic E-state index is -1.17. The van der Waals surface area contributed by atoms with Gasteiger partial charge in [-0.25, -0.2) is 0 Å². The third-order valence-electron chi connectivity index (χ3n) is 3.03. The van der Waals surface area contributed by atoms with Crippen molar-refractivity contribution in [2.75, 3.05) is 0 Å². The van der Waals surface area contributed by atoms with E-state index in [2.05, 4.69) is 6.92 Å². The van der Waals surface area contributed by atoms with Crippen molar-refractivity contribution in [1.29, 1.82) is 0 Å². The van der Waals surface area contributed by atoms with Gasteiger partial charge in [0, 0.05) is 5.31 Å². The van der Waals surface area contributed by atoms with E-state index >= 15 is 0 Å². The lowest BCUT2D eigenvalue weighted by Crippen LogP contribution is -2.30. The van der Waals surface area contributed by atoms with E-state index in [9.17, 15) is 10.0 Å². The monoisotopic (exact) mass is 186 g/mol. The summed E-state index contributed by atoms with van der Waals surface area (Å²) in [5, 5.41) is 18.1. The quantitative estimate of drug-likeness (QED) is 0.473. The normalized spacial score (nSPS) is 15.5. The van der Waals surface area contributed by atoms with E-state index in [1.54, 1.807) is 0 Å². The fraction of sp³-hybridized carbons (Fsp3) is 1.00. The molecule has 0 aromatic carbocycles. The van der Waals surface area contributed by atoms with Crippen molar-refractivity contribution in [1.82, 2.24) is 0 Å². The first-order chi connectivity index (χ1) is 6.06. The summed E-state index contributed by atoms with van der Waals surface area (Å²) in [7, 11) is -1.17. The standard InChI is InChI=1S/C10H23BO2/c1-4-6-7-8-9-10(3,5-2)11(12)13/h12-13H,4-9H2,1-3H3. The molecule has 0 rings (SSSR count). The van der Waals surface area contributed by atoms with Crippen LogP contribution in [-0.2, 0) is 0 Å². The van der Waals surface area contributed by atoms with Gasteiger partial charge in [-0.05, 0) is 6.42 Å². The number of hydrogen-bond donors (Lipinski definition) is 2. The molecular formula is C10H23BO2. The van der Waals surface area contributed by atoms with E-state index in [1.807, 2.05) is 13.8 Å². The van der Waals surface area contributed by atoms with E-state index in [4.69, 9.17) is 0 Å². The van der Waals surface area contributed by atoms with Gasteiger partial charge in [-0.2, -0.15) is 0 Å². The molecule has 2 nitrogen and oxygen atoms in total. The molecule has 0 fully saturated rings. The van der Waals surface area contributed by atoms with Gasteiger partial charge in [-0.1, -0.05) is 52.9 Å². The molecule has 0 saturated carbocycles. The van der Waals surface area contributed by atoms with Crippen molar-refractivity contribution >= 4 is 7.12 Å². The van der Waals surface area contributed by atoms with Crippen molar-refractivity contribution in [2.24, 2.45) is 0 Å². The predicted molar refractivity (Wildman–Crippen MR) is 57.6 cm³/mol. The molecule has 0 spiro atoms. The van der Waals surface area contributed by atoms with Crippen LogP contribution in [0.4, 0.5) is 0 Å². The topological polar surface area (TPSA) is 40.5 Å². The Labute approximate surface area is 82.5 Å². The van der Waals surface area contributed by atoms with Crippen LogP contribution in [-0.4, -0.2) is 17.2 Å². The van der Waals surface area contributed by atoms with Gasteiger partial charge in [0.05, 0.1) is 0 Å². The van der Waals surface area contributed by atoms with Crippen LogP contribution >= 0.6 is 0 Å². The smallest absolute Gasteiger partial charge is 0.427 e. The van der Waals surface area contributed by atoms with Crippen LogP contribution in [0.25, 0.3) is 0 Å². The van der Waals surface area contributed by atoms with Gasteiger partial charge in [-0.15, -0.1) is 0 Å². The van der Waals surface area contributed by atoms with Gasteiger partial charge < -0.3 is 10.0 Å². The Morgan fingerprint density at radius 2 is 1.69 bits per heavy atom.